The smallest absolute Gasteiger partial charge is 0.352 e. The summed E-state index contributed by atoms with van der Waals surface area (Å²) in [6.07, 6.45) is 5.14. The molecule has 4 N–H and O–H groups in total. The number of tetrazole rings is 1. The maximum Gasteiger partial charge on any atom is 0.352 e. The summed E-state index contributed by atoms with van der Waals surface area (Å²) in [6.45, 7) is 0. The van der Waals surface area contributed by atoms with Crippen LogP contribution in [0.2, 0.25) is 0 Å². The van der Waals surface area contributed by atoms with Crippen molar-refractivity contribution in [2.24, 2.45) is 5.16 Å². The fraction of sp³-hybridized carbons (Fsp3) is 0.318. The van der Waals surface area contributed by atoms with Crippen molar-refractivity contribution in [3.8, 4) is 0 Å². The molecule has 1 fully saturated rings. The van der Waals surface area contributed by atoms with Gasteiger partial charge in [-0.05, 0) is 47.1 Å². The molecule has 2 aliphatic heterocycles. The van der Waals surface area contributed by atoms with Gasteiger partial charge in [-0.15, -0.1) is 49.7 Å². The van der Waals surface area contributed by atoms with Gasteiger partial charge in [0, 0.05) is 16.9 Å². The standard InChI is InChI=1S/C22H20N10O5S3/c23-22-24-12(9-40-22)15(28-37-11-3-1-2-4-11)18(33)25-16-19(34)31-17(21(35)36)10(8-39-20(16)31)7-38-14-6-5-13-26-29-30-32(13)27-14/h1,3,5-6,9,11,16,20H,2,4,7-8H2,(H2,23,24)(H,25,33)(H,35,36)/t11?,16?,20-/m1/s1. The van der Waals surface area contributed by atoms with Crippen LogP contribution in [0.25, 0.3) is 5.65 Å². The quantitative estimate of drug-likeness (QED) is 0.101. The SMILES string of the molecule is Nc1nc(C(=NOC2C=CCC2)C(=O)NC2C(=O)N3C(C(=O)O)=C(CSc4ccc5nnnn5n4)CS[C@H]23)cs1. The lowest BCUT2D eigenvalue weighted by atomic mass is 10.0. The number of nitrogens with two attached hydrogens (primary N) is 1. The number of thioether (sulfide) groups is 2. The number of oxime groups is 1. The predicted molar refractivity (Wildman–Crippen MR) is 145 cm³/mol. The van der Waals surface area contributed by atoms with E-state index in [-0.39, 0.29) is 34.1 Å². The van der Waals surface area contributed by atoms with Crippen LogP contribution in [-0.4, -0.2) is 92.8 Å². The molecule has 0 bridgehead atoms. The molecule has 6 rings (SSSR count). The summed E-state index contributed by atoms with van der Waals surface area (Å²) < 4.78 is 1.28. The number of carbonyl (C=O) groups excluding carboxylic acids is 2. The van der Waals surface area contributed by atoms with Crippen molar-refractivity contribution in [1.82, 2.24) is 40.5 Å². The van der Waals surface area contributed by atoms with Gasteiger partial charge < -0.3 is 21.0 Å². The number of nitrogens with one attached hydrogen (secondary N) is 1. The summed E-state index contributed by atoms with van der Waals surface area (Å²) in [7, 11) is 0. The molecule has 0 aromatic carbocycles. The third kappa shape index (κ3) is 5.00. The van der Waals surface area contributed by atoms with Gasteiger partial charge in [-0.3, -0.25) is 14.5 Å². The van der Waals surface area contributed by atoms with E-state index in [0.717, 1.165) is 24.2 Å². The maximum atomic E-state index is 13.2. The minimum atomic E-state index is -1.22. The highest BCUT2D eigenvalue weighted by Gasteiger charge is 2.54. The van der Waals surface area contributed by atoms with Gasteiger partial charge in [-0.25, -0.2) is 9.78 Å². The summed E-state index contributed by atoms with van der Waals surface area (Å²) in [5, 5.41) is 33.9. The molecule has 206 valence electrons. The first-order chi connectivity index (χ1) is 19.4. The van der Waals surface area contributed by atoms with E-state index in [1.165, 1.54) is 33.1 Å². The Morgan fingerprint density at radius 1 is 1.35 bits per heavy atom. The van der Waals surface area contributed by atoms with Crippen molar-refractivity contribution in [3.05, 3.63) is 46.6 Å². The van der Waals surface area contributed by atoms with Crippen LogP contribution in [0.15, 0.2) is 51.1 Å². The third-order valence-corrected chi connectivity index (χ3v) is 9.22. The van der Waals surface area contributed by atoms with Crippen molar-refractivity contribution >= 4 is 69.1 Å². The average Bonchev–Trinajstić information content (AvgIpc) is 3.72. The van der Waals surface area contributed by atoms with Crippen LogP contribution in [0, 0.1) is 0 Å². The Morgan fingerprint density at radius 3 is 2.98 bits per heavy atom. The molecule has 3 atom stereocenters. The van der Waals surface area contributed by atoms with Crippen molar-refractivity contribution in [1.29, 1.82) is 0 Å². The van der Waals surface area contributed by atoms with Crippen LogP contribution >= 0.6 is 34.9 Å². The highest BCUT2D eigenvalue weighted by Crippen LogP contribution is 2.41. The monoisotopic (exact) mass is 600 g/mol. The molecule has 15 nitrogen and oxygen atoms in total. The van der Waals surface area contributed by atoms with Crippen molar-refractivity contribution in [2.75, 3.05) is 17.2 Å². The Hall–Kier alpha value is -4.03. The summed E-state index contributed by atoms with van der Waals surface area (Å²) >= 11 is 3.81. The first-order valence-corrected chi connectivity index (χ1v) is 14.8. The van der Waals surface area contributed by atoms with E-state index < -0.39 is 29.2 Å². The number of hydrogen-bond acceptors (Lipinski definition) is 14. The summed E-state index contributed by atoms with van der Waals surface area (Å²) in [5.74, 6) is -1.78. The number of aromatic nitrogens is 6. The fourth-order valence-electron chi connectivity index (χ4n) is 4.29. The van der Waals surface area contributed by atoms with Crippen LogP contribution in [0.5, 0.6) is 0 Å². The largest absolute Gasteiger partial charge is 0.477 e. The van der Waals surface area contributed by atoms with Crippen molar-refractivity contribution in [2.45, 2.75) is 35.4 Å². The number of carboxylic acid groups (broad SMARTS) is 1. The Kier molecular flexibility index (Phi) is 7.11. The van der Waals surface area contributed by atoms with Gasteiger partial charge in [-0.1, -0.05) is 11.2 Å². The Morgan fingerprint density at radius 2 is 2.23 bits per heavy atom. The predicted octanol–water partition coefficient (Wildman–Crippen LogP) is 0.528. The van der Waals surface area contributed by atoms with E-state index in [1.807, 2.05) is 12.2 Å². The summed E-state index contributed by atoms with van der Waals surface area (Å²) in [6, 6.07) is 2.49. The Balaban J connectivity index is 1.17. The molecule has 0 saturated carbocycles. The third-order valence-electron chi connectivity index (χ3n) is 6.20. The Labute approximate surface area is 237 Å². The number of anilines is 1. The number of hydrogen-bond donors (Lipinski definition) is 3. The summed E-state index contributed by atoms with van der Waals surface area (Å²) in [5.41, 5.74) is 6.82. The van der Waals surface area contributed by atoms with Gasteiger partial charge in [0.1, 0.15) is 33.9 Å². The zero-order valence-electron chi connectivity index (χ0n) is 20.4. The second-order valence-electron chi connectivity index (χ2n) is 8.77. The van der Waals surface area contributed by atoms with E-state index >= 15 is 0 Å². The average molecular weight is 601 g/mol. The lowest BCUT2D eigenvalue weighted by Gasteiger charge is -2.49. The number of allylic oxidation sites excluding steroid dienone is 1. The molecule has 2 amide bonds. The first kappa shape index (κ1) is 26.2. The molecular formula is C22H20N10O5S3. The molecule has 2 unspecified atom stereocenters. The first-order valence-electron chi connectivity index (χ1n) is 11.9. The van der Waals surface area contributed by atoms with Crippen LogP contribution in [0.4, 0.5) is 5.13 Å². The Bertz CT molecular complexity index is 1600. The zero-order chi connectivity index (χ0) is 27.8. The number of nitrogens with zero attached hydrogens (tertiary/aromatic N) is 8. The number of amides is 2. The number of thiazole rings is 1. The van der Waals surface area contributed by atoms with Gasteiger partial charge >= 0.3 is 5.97 Å². The number of aliphatic carboxylic acids is 1. The molecule has 1 saturated heterocycles. The van der Waals surface area contributed by atoms with Crippen LogP contribution in [0.3, 0.4) is 0 Å². The highest BCUT2D eigenvalue weighted by atomic mass is 32.2. The van der Waals surface area contributed by atoms with Crippen molar-refractivity contribution in [3.63, 3.8) is 0 Å². The minimum absolute atomic E-state index is 0.0900. The lowest BCUT2D eigenvalue weighted by Crippen LogP contribution is -2.71. The second-order valence-corrected chi connectivity index (χ2v) is 11.8. The van der Waals surface area contributed by atoms with Crippen LogP contribution < -0.4 is 11.1 Å². The maximum absolute atomic E-state index is 13.2. The molecule has 1 aliphatic carbocycles. The van der Waals surface area contributed by atoms with Gasteiger partial charge in [0.2, 0.25) is 0 Å². The minimum Gasteiger partial charge on any atom is -0.477 e. The van der Waals surface area contributed by atoms with Crippen LogP contribution in [0.1, 0.15) is 18.5 Å². The molecule has 3 aromatic heterocycles. The molecule has 5 heterocycles. The molecule has 40 heavy (non-hydrogen) atoms. The molecule has 18 heteroatoms. The number of rotatable bonds is 9. The van der Waals surface area contributed by atoms with E-state index in [4.69, 9.17) is 10.6 Å². The van der Waals surface area contributed by atoms with Gasteiger partial charge in [0.25, 0.3) is 11.8 Å². The van der Waals surface area contributed by atoms with E-state index in [9.17, 15) is 19.5 Å². The molecule has 3 aromatic rings. The topological polar surface area (TPSA) is 203 Å². The molecule has 0 spiro atoms. The number of fused-ring (bicyclic) bond motifs is 2. The molecule has 3 aliphatic rings. The number of carboxylic acids is 1. The van der Waals surface area contributed by atoms with Gasteiger partial charge in [0.05, 0.1) is 0 Å². The number of nitrogen functional groups attached to an aromatic ring is 1. The van der Waals surface area contributed by atoms with Crippen molar-refractivity contribution < 1.29 is 24.3 Å². The number of β-lactam (4-membered cyclic amide) rings is 1. The summed E-state index contributed by atoms with van der Waals surface area (Å²) in [4.78, 5) is 49.5. The number of carbonyl (C=O) groups is 3. The molecular weight excluding hydrogens is 581 g/mol. The highest BCUT2D eigenvalue weighted by molar-refractivity contribution is 8.01. The second kappa shape index (κ2) is 10.9. The fourth-order valence-corrected chi connectivity index (χ4v) is 7.17. The van der Waals surface area contributed by atoms with E-state index in [0.29, 0.717) is 22.0 Å². The normalized spacial score (nSPS) is 22.4. The lowest BCUT2D eigenvalue weighted by molar-refractivity contribution is -0.150. The van der Waals surface area contributed by atoms with Crippen LogP contribution in [-0.2, 0) is 19.2 Å². The van der Waals surface area contributed by atoms with Gasteiger partial charge in [0.15, 0.2) is 16.5 Å². The zero-order valence-corrected chi connectivity index (χ0v) is 22.9. The van der Waals surface area contributed by atoms with Gasteiger partial charge in [-0.2, -0.15) is 0 Å². The van der Waals surface area contributed by atoms with E-state index in [2.05, 4.69) is 36.1 Å². The van der Waals surface area contributed by atoms with E-state index in [1.54, 1.807) is 17.5 Å². The molecule has 0 radical (unpaired) electrons.